The van der Waals surface area contributed by atoms with E-state index in [1.807, 2.05) is 0 Å². The van der Waals surface area contributed by atoms with Crippen LogP contribution in [0.5, 0.6) is 0 Å². The van der Waals surface area contributed by atoms with Gasteiger partial charge in [-0.2, -0.15) is 0 Å². The molecule has 0 unspecified atom stereocenters. The second kappa shape index (κ2) is 11.1. The first-order valence-corrected chi connectivity index (χ1v) is 6.90. The van der Waals surface area contributed by atoms with Crippen LogP contribution in [-0.2, 0) is 0 Å². The van der Waals surface area contributed by atoms with Crippen LogP contribution in [0.3, 0.4) is 0 Å². The molecule has 1 rings (SSSR count). The fourth-order valence-electron chi connectivity index (χ4n) is 2.34. The molecular weight excluding hydrogens is 234 g/mol. The van der Waals surface area contributed by atoms with Crippen LogP contribution in [0.2, 0.25) is 0 Å². The SMILES string of the molecule is CCCCCC[C@H]1C=CC[C@H](CCCO)N1.Cl. The van der Waals surface area contributed by atoms with Gasteiger partial charge in [0.1, 0.15) is 0 Å². The van der Waals surface area contributed by atoms with Gasteiger partial charge in [0.2, 0.25) is 0 Å². The highest BCUT2D eigenvalue weighted by Gasteiger charge is 2.15. The first-order chi connectivity index (χ1) is 7.86. The van der Waals surface area contributed by atoms with Crippen molar-refractivity contribution >= 4 is 12.4 Å². The Morgan fingerprint density at radius 1 is 1.18 bits per heavy atom. The maximum atomic E-state index is 8.82. The lowest BCUT2D eigenvalue weighted by Gasteiger charge is -2.27. The fourth-order valence-corrected chi connectivity index (χ4v) is 2.34. The molecule has 1 heterocycles. The van der Waals surface area contributed by atoms with Crippen LogP contribution in [0.25, 0.3) is 0 Å². The fraction of sp³-hybridized carbons (Fsp3) is 0.857. The van der Waals surface area contributed by atoms with E-state index < -0.39 is 0 Å². The van der Waals surface area contributed by atoms with Crippen LogP contribution in [0.4, 0.5) is 0 Å². The zero-order valence-corrected chi connectivity index (χ0v) is 11.8. The van der Waals surface area contributed by atoms with Gasteiger partial charge in [-0.1, -0.05) is 44.8 Å². The van der Waals surface area contributed by atoms with E-state index in [1.54, 1.807) is 0 Å². The molecule has 17 heavy (non-hydrogen) atoms. The predicted molar refractivity (Wildman–Crippen MR) is 76.8 cm³/mol. The maximum absolute atomic E-state index is 8.82. The molecule has 0 amide bonds. The van der Waals surface area contributed by atoms with E-state index in [1.165, 1.54) is 32.1 Å². The van der Waals surface area contributed by atoms with E-state index in [9.17, 15) is 0 Å². The number of aliphatic hydroxyl groups excluding tert-OH is 1. The van der Waals surface area contributed by atoms with Crippen molar-refractivity contribution in [2.24, 2.45) is 0 Å². The first-order valence-electron chi connectivity index (χ1n) is 6.90. The standard InChI is InChI=1S/C14H27NO.ClH/c1-2-3-4-5-8-13-9-6-10-14(15-13)11-7-12-16;/h6,9,13-16H,2-5,7-8,10-12H2,1H3;1H/t13-,14+;/m0./s1. The molecule has 0 aromatic carbocycles. The summed E-state index contributed by atoms with van der Waals surface area (Å²) in [7, 11) is 0. The summed E-state index contributed by atoms with van der Waals surface area (Å²) in [5.74, 6) is 0. The lowest BCUT2D eigenvalue weighted by Crippen LogP contribution is -2.39. The van der Waals surface area contributed by atoms with Gasteiger partial charge in [-0.3, -0.25) is 0 Å². The van der Waals surface area contributed by atoms with Gasteiger partial charge in [0.15, 0.2) is 0 Å². The van der Waals surface area contributed by atoms with Gasteiger partial charge in [-0.05, 0) is 25.7 Å². The Balaban J connectivity index is 0.00000256. The number of aliphatic hydroxyl groups is 1. The normalized spacial score (nSPS) is 23.4. The minimum atomic E-state index is 0. The second-order valence-electron chi connectivity index (χ2n) is 4.85. The van der Waals surface area contributed by atoms with Crippen LogP contribution >= 0.6 is 12.4 Å². The molecule has 2 atom stereocenters. The zero-order valence-electron chi connectivity index (χ0n) is 11.0. The van der Waals surface area contributed by atoms with E-state index >= 15 is 0 Å². The maximum Gasteiger partial charge on any atom is 0.0431 e. The molecule has 0 aromatic heterocycles. The van der Waals surface area contributed by atoms with Crippen LogP contribution in [-0.4, -0.2) is 23.8 Å². The van der Waals surface area contributed by atoms with Crippen molar-refractivity contribution in [2.75, 3.05) is 6.61 Å². The Bertz CT molecular complexity index is 197. The Morgan fingerprint density at radius 3 is 2.71 bits per heavy atom. The molecule has 1 aliphatic rings. The number of hydrogen-bond acceptors (Lipinski definition) is 2. The van der Waals surface area contributed by atoms with Crippen molar-refractivity contribution in [3.8, 4) is 0 Å². The Labute approximate surface area is 112 Å². The molecule has 2 nitrogen and oxygen atoms in total. The second-order valence-corrected chi connectivity index (χ2v) is 4.85. The Morgan fingerprint density at radius 2 is 2.00 bits per heavy atom. The number of rotatable bonds is 8. The first kappa shape index (κ1) is 16.9. The summed E-state index contributed by atoms with van der Waals surface area (Å²) in [6.45, 7) is 2.58. The summed E-state index contributed by atoms with van der Waals surface area (Å²) in [5.41, 5.74) is 0. The van der Waals surface area contributed by atoms with Crippen molar-refractivity contribution < 1.29 is 5.11 Å². The van der Waals surface area contributed by atoms with Crippen LogP contribution in [0.1, 0.15) is 58.3 Å². The summed E-state index contributed by atoms with van der Waals surface area (Å²) >= 11 is 0. The number of hydrogen-bond donors (Lipinski definition) is 2. The molecule has 3 heteroatoms. The smallest absolute Gasteiger partial charge is 0.0431 e. The van der Waals surface area contributed by atoms with Crippen LogP contribution in [0, 0.1) is 0 Å². The van der Waals surface area contributed by atoms with Gasteiger partial charge in [-0.25, -0.2) is 0 Å². The Hall–Kier alpha value is -0.0500. The highest BCUT2D eigenvalue weighted by Crippen LogP contribution is 2.14. The quantitative estimate of drug-likeness (QED) is 0.518. The molecule has 0 fully saturated rings. The summed E-state index contributed by atoms with van der Waals surface area (Å²) < 4.78 is 0. The van der Waals surface area contributed by atoms with Crippen molar-refractivity contribution in [3.05, 3.63) is 12.2 Å². The molecule has 0 aliphatic carbocycles. The van der Waals surface area contributed by atoms with E-state index in [0.717, 1.165) is 19.3 Å². The Kier molecular flexibility index (Phi) is 11.0. The molecule has 2 N–H and O–H groups in total. The lowest BCUT2D eigenvalue weighted by molar-refractivity contribution is 0.270. The van der Waals surface area contributed by atoms with Gasteiger partial charge in [0, 0.05) is 18.7 Å². The average Bonchev–Trinajstić information content (AvgIpc) is 2.33. The lowest BCUT2D eigenvalue weighted by atomic mass is 9.98. The van der Waals surface area contributed by atoms with E-state index in [0.29, 0.717) is 18.7 Å². The summed E-state index contributed by atoms with van der Waals surface area (Å²) in [6.07, 6.45) is 14.4. The van der Waals surface area contributed by atoms with Gasteiger partial charge in [0.25, 0.3) is 0 Å². The molecule has 0 bridgehead atoms. The molecule has 0 spiro atoms. The molecule has 0 saturated carbocycles. The zero-order chi connectivity index (χ0) is 11.6. The van der Waals surface area contributed by atoms with E-state index in [-0.39, 0.29) is 12.4 Å². The van der Waals surface area contributed by atoms with Crippen molar-refractivity contribution in [1.82, 2.24) is 5.32 Å². The number of unbranched alkanes of at least 4 members (excludes halogenated alkanes) is 3. The molecule has 1 aliphatic heterocycles. The third-order valence-corrected chi connectivity index (χ3v) is 3.32. The largest absolute Gasteiger partial charge is 0.396 e. The molecule has 0 radical (unpaired) electrons. The predicted octanol–water partition coefficient (Wildman–Crippen LogP) is 3.44. The van der Waals surface area contributed by atoms with Crippen LogP contribution in [0.15, 0.2) is 12.2 Å². The van der Waals surface area contributed by atoms with Gasteiger partial charge in [0.05, 0.1) is 0 Å². The topological polar surface area (TPSA) is 32.3 Å². The molecule has 102 valence electrons. The van der Waals surface area contributed by atoms with Gasteiger partial charge >= 0.3 is 0 Å². The summed E-state index contributed by atoms with van der Waals surface area (Å²) in [4.78, 5) is 0. The van der Waals surface area contributed by atoms with Gasteiger partial charge in [-0.15, -0.1) is 12.4 Å². The number of halogens is 1. The highest BCUT2D eigenvalue weighted by atomic mass is 35.5. The van der Waals surface area contributed by atoms with Gasteiger partial charge < -0.3 is 10.4 Å². The molecule has 0 saturated heterocycles. The highest BCUT2D eigenvalue weighted by molar-refractivity contribution is 5.85. The molecular formula is C14H28ClNO. The van der Waals surface area contributed by atoms with Crippen molar-refractivity contribution in [3.63, 3.8) is 0 Å². The van der Waals surface area contributed by atoms with E-state index in [2.05, 4.69) is 24.4 Å². The third-order valence-electron chi connectivity index (χ3n) is 3.32. The minimum Gasteiger partial charge on any atom is -0.396 e. The van der Waals surface area contributed by atoms with Crippen molar-refractivity contribution in [2.45, 2.75) is 70.4 Å². The van der Waals surface area contributed by atoms with E-state index in [4.69, 9.17) is 5.11 Å². The van der Waals surface area contributed by atoms with Crippen molar-refractivity contribution in [1.29, 1.82) is 0 Å². The van der Waals surface area contributed by atoms with Crippen LogP contribution < -0.4 is 5.32 Å². The monoisotopic (exact) mass is 261 g/mol. The summed E-state index contributed by atoms with van der Waals surface area (Å²) in [5, 5.41) is 12.5. The average molecular weight is 262 g/mol. The third kappa shape index (κ3) is 7.80. The number of nitrogens with one attached hydrogen (secondary N) is 1. The summed E-state index contributed by atoms with van der Waals surface area (Å²) in [6, 6.07) is 1.17. The molecule has 0 aromatic rings. The minimum absolute atomic E-state index is 0.